The maximum Gasteiger partial charge on any atom is 0.140 e. The lowest BCUT2D eigenvalue weighted by atomic mass is 10.1. The third-order valence-electron chi connectivity index (χ3n) is 6.37. The molecule has 2 aliphatic rings. The van der Waals surface area contributed by atoms with Crippen LogP contribution >= 0.6 is 0 Å². The molecule has 1 aliphatic heterocycles. The first-order valence-corrected chi connectivity index (χ1v) is 11.2. The summed E-state index contributed by atoms with van der Waals surface area (Å²) in [6.07, 6.45) is 13.4. The van der Waals surface area contributed by atoms with Crippen LogP contribution in [0, 0.1) is 11.3 Å². The summed E-state index contributed by atoms with van der Waals surface area (Å²) < 4.78 is 2.18. The molecule has 0 radical (unpaired) electrons. The molecule has 7 heteroatoms. The van der Waals surface area contributed by atoms with E-state index in [0.717, 1.165) is 36.7 Å². The second-order valence-electron chi connectivity index (χ2n) is 8.51. The van der Waals surface area contributed by atoms with E-state index in [1.807, 2.05) is 24.4 Å². The zero-order valence-corrected chi connectivity index (χ0v) is 17.6. The fourth-order valence-electron chi connectivity index (χ4n) is 4.80. The Kier molecular flexibility index (Phi) is 5.63. The molecule has 2 fully saturated rings. The van der Waals surface area contributed by atoms with Crippen LogP contribution in [0.2, 0.25) is 0 Å². The van der Waals surface area contributed by atoms with Crippen molar-refractivity contribution in [3.8, 4) is 6.07 Å². The summed E-state index contributed by atoms with van der Waals surface area (Å²) in [6, 6.07) is 12.6. The van der Waals surface area contributed by atoms with Crippen molar-refractivity contribution in [3.63, 3.8) is 0 Å². The molecule has 5 rings (SSSR count). The van der Waals surface area contributed by atoms with Crippen molar-refractivity contribution in [1.82, 2.24) is 24.6 Å². The quantitative estimate of drug-likeness (QED) is 0.628. The average molecular weight is 414 g/mol. The highest BCUT2D eigenvalue weighted by Gasteiger charge is 2.28. The topological polar surface area (TPSA) is 82.7 Å². The lowest BCUT2D eigenvalue weighted by molar-refractivity contribution is 0.244. The number of nitriles is 1. The van der Waals surface area contributed by atoms with Crippen molar-refractivity contribution < 1.29 is 0 Å². The van der Waals surface area contributed by atoms with E-state index in [1.165, 1.54) is 37.7 Å². The summed E-state index contributed by atoms with van der Waals surface area (Å²) in [5.41, 5.74) is 3.61. The Morgan fingerprint density at radius 2 is 1.97 bits per heavy atom. The number of hydrogen-bond acceptors (Lipinski definition) is 6. The van der Waals surface area contributed by atoms with E-state index in [2.05, 4.69) is 43.3 Å². The molecule has 1 atom stereocenters. The summed E-state index contributed by atoms with van der Waals surface area (Å²) in [5, 5.41) is 16.9. The molecule has 3 aromatic heterocycles. The number of nitrogens with zero attached hydrogens (tertiary/aromatic N) is 6. The van der Waals surface area contributed by atoms with Crippen molar-refractivity contribution in [2.24, 2.45) is 0 Å². The largest absolute Gasteiger partial charge is 0.339 e. The highest BCUT2D eigenvalue weighted by atomic mass is 15.3. The van der Waals surface area contributed by atoms with Crippen LogP contribution in [0.4, 0.5) is 11.5 Å². The highest BCUT2D eigenvalue weighted by molar-refractivity contribution is 5.55. The fraction of sp³-hybridized carbons (Fsp3) is 0.417. The van der Waals surface area contributed by atoms with Gasteiger partial charge in [-0.05, 0) is 56.5 Å². The molecule has 1 N–H and O–H groups in total. The maximum atomic E-state index is 8.91. The smallest absolute Gasteiger partial charge is 0.140 e. The summed E-state index contributed by atoms with van der Waals surface area (Å²) in [4.78, 5) is 11.5. The Morgan fingerprint density at radius 1 is 1.06 bits per heavy atom. The van der Waals surface area contributed by atoms with Crippen LogP contribution in [-0.4, -0.2) is 31.2 Å². The van der Waals surface area contributed by atoms with Gasteiger partial charge in [0.05, 0.1) is 35.9 Å². The maximum absolute atomic E-state index is 8.91. The Morgan fingerprint density at radius 3 is 2.77 bits per heavy atom. The van der Waals surface area contributed by atoms with Gasteiger partial charge in [0.25, 0.3) is 0 Å². The SMILES string of the molecule is N#Cc1ccc(Nc2cccc([C@@H]3CCCN3Cc3cnn(C4CCCC4)c3)n2)cn1. The molecule has 0 bridgehead atoms. The monoisotopic (exact) mass is 413 g/mol. The van der Waals surface area contributed by atoms with E-state index in [0.29, 0.717) is 17.8 Å². The Balaban J connectivity index is 1.27. The average Bonchev–Trinajstić information content (AvgIpc) is 3.57. The number of anilines is 2. The molecule has 4 heterocycles. The van der Waals surface area contributed by atoms with Crippen LogP contribution in [0.1, 0.15) is 67.6 Å². The molecule has 3 aromatic rings. The molecule has 1 saturated carbocycles. The highest BCUT2D eigenvalue weighted by Crippen LogP contribution is 2.34. The lowest BCUT2D eigenvalue weighted by Crippen LogP contribution is -2.23. The molecular formula is C24H27N7. The van der Waals surface area contributed by atoms with Gasteiger partial charge in [0.15, 0.2) is 0 Å². The van der Waals surface area contributed by atoms with Crippen molar-refractivity contribution in [3.05, 3.63) is 65.9 Å². The molecule has 1 saturated heterocycles. The number of aromatic nitrogens is 4. The van der Waals surface area contributed by atoms with Gasteiger partial charge in [0.1, 0.15) is 17.6 Å². The van der Waals surface area contributed by atoms with Crippen LogP contribution in [0.25, 0.3) is 0 Å². The molecule has 158 valence electrons. The number of pyridine rings is 2. The standard InChI is InChI=1S/C24H27N7/c25-13-19-10-11-20(15-26-19)28-24-9-3-7-22(29-24)23-8-4-12-30(23)16-18-14-27-31(17-18)21-5-1-2-6-21/h3,7,9-11,14-15,17,21,23H,1-2,4-6,8,12,16H2,(H,28,29)/t23-/m0/s1. The zero-order valence-electron chi connectivity index (χ0n) is 17.6. The molecule has 0 unspecified atom stereocenters. The first kappa shape index (κ1) is 19.7. The van der Waals surface area contributed by atoms with Crippen molar-refractivity contribution in [2.75, 3.05) is 11.9 Å². The van der Waals surface area contributed by atoms with E-state index < -0.39 is 0 Å². The van der Waals surface area contributed by atoms with Crippen LogP contribution < -0.4 is 5.32 Å². The minimum Gasteiger partial charge on any atom is -0.339 e. The minimum atomic E-state index is 0.315. The molecule has 0 spiro atoms. The summed E-state index contributed by atoms with van der Waals surface area (Å²) in [5.74, 6) is 0.796. The van der Waals surface area contributed by atoms with E-state index in [-0.39, 0.29) is 0 Å². The van der Waals surface area contributed by atoms with Gasteiger partial charge >= 0.3 is 0 Å². The molecule has 0 aromatic carbocycles. The number of likely N-dealkylation sites (tertiary alicyclic amines) is 1. The Hall–Kier alpha value is -3.24. The minimum absolute atomic E-state index is 0.315. The molecule has 1 aliphatic carbocycles. The Labute approximate surface area is 182 Å². The molecule has 0 amide bonds. The van der Waals surface area contributed by atoms with Gasteiger partial charge in [0.2, 0.25) is 0 Å². The second-order valence-corrected chi connectivity index (χ2v) is 8.51. The zero-order chi connectivity index (χ0) is 21.0. The van der Waals surface area contributed by atoms with Gasteiger partial charge in [-0.2, -0.15) is 10.4 Å². The van der Waals surface area contributed by atoms with Crippen LogP contribution in [0.3, 0.4) is 0 Å². The third-order valence-corrected chi connectivity index (χ3v) is 6.37. The second kappa shape index (κ2) is 8.86. The molecular weight excluding hydrogens is 386 g/mol. The summed E-state index contributed by atoms with van der Waals surface area (Å²) >= 11 is 0. The Bertz CT molecular complexity index is 1060. The van der Waals surface area contributed by atoms with Gasteiger partial charge in [-0.1, -0.05) is 18.9 Å². The first-order valence-electron chi connectivity index (χ1n) is 11.2. The first-order chi connectivity index (χ1) is 15.3. The van der Waals surface area contributed by atoms with Gasteiger partial charge in [-0.15, -0.1) is 0 Å². The van der Waals surface area contributed by atoms with Crippen molar-refractivity contribution in [2.45, 2.75) is 57.2 Å². The van der Waals surface area contributed by atoms with Gasteiger partial charge in [-0.25, -0.2) is 9.97 Å². The van der Waals surface area contributed by atoms with Crippen molar-refractivity contribution in [1.29, 1.82) is 5.26 Å². The normalized spacial score (nSPS) is 19.5. The van der Waals surface area contributed by atoms with Gasteiger partial charge in [0, 0.05) is 18.3 Å². The lowest BCUT2D eigenvalue weighted by Gasteiger charge is -2.24. The van der Waals surface area contributed by atoms with Crippen LogP contribution in [0.15, 0.2) is 48.9 Å². The predicted molar refractivity (Wildman–Crippen MR) is 119 cm³/mol. The van der Waals surface area contributed by atoms with E-state index >= 15 is 0 Å². The third kappa shape index (κ3) is 4.44. The van der Waals surface area contributed by atoms with Gasteiger partial charge in [-0.3, -0.25) is 9.58 Å². The van der Waals surface area contributed by atoms with Gasteiger partial charge < -0.3 is 5.32 Å². The van der Waals surface area contributed by atoms with E-state index in [9.17, 15) is 0 Å². The van der Waals surface area contributed by atoms with Crippen LogP contribution in [-0.2, 0) is 6.54 Å². The molecule has 7 nitrogen and oxygen atoms in total. The summed E-state index contributed by atoms with van der Waals surface area (Å²) in [7, 11) is 0. The fourth-order valence-corrected chi connectivity index (χ4v) is 4.80. The van der Waals surface area contributed by atoms with Crippen LogP contribution in [0.5, 0.6) is 0 Å². The van der Waals surface area contributed by atoms with E-state index in [1.54, 1.807) is 12.3 Å². The van der Waals surface area contributed by atoms with E-state index in [4.69, 9.17) is 10.2 Å². The number of rotatable bonds is 6. The number of hydrogen-bond donors (Lipinski definition) is 1. The number of nitrogens with one attached hydrogen (secondary N) is 1. The van der Waals surface area contributed by atoms with Crippen molar-refractivity contribution >= 4 is 11.5 Å². The predicted octanol–water partition coefficient (Wildman–Crippen LogP) is 4.74. The molecule has 31 heavy (non-hydrogen) atoms. The summed E-state index contributed by atoms with van der Waals surface area (Å²) in [6.45, 7) is 1.99.